The Morgan fingerprint density at radius 1 is 0.462 bits per heavy atom. The minimum Gasteiger partial charge on any atom is -0.504 e. The van der Waals surface area contributed by atoms with Gasteiger partial charge < -0.3 is 28.3 Å². The van der Waals surface area contributed by atoms with E-state index in [1.165, 1.54) is 12.1 Å². The van der Waals surface area contributed by atoms with Gasteiger partial charge in [0, 0.05) is 0 Å². The lowest BCUT2D eigenvalue weighted by Crippen LogP contribution is -2.10. The highest BCUT2D eigenvalue weighted by Crippen LogP contribution is 2.57. The summed E-state index contributed by atoms with van der Waals surface area (Å²) in [5, 5.41) is 19.9. The van der Waals surface area contributed by atoms with E-state index in [1.54, 1.807) is 30.3 Å². The zero-order valence-electron chi connectivity index (χ0n) is 27.5. The molecule has 2 heterocycles. The van der Waals surface area contributed by atoms with E-state index in [4.69, 9.17) is 28.3 Å². The molecule has 2 aliphatic rings. The summed E-state index contributed by atoms with van der Waals surface area (Å²) in [4.78, 5) is 0. The Kier molecular flexibility index (Phi) is 9.18. The maximum Gasteiger partial charge on any atom is 0.463 e. The summed E-state index contributed by atoms with van der Waals surface area (Å²) in [7, 11) is -2.07. The van der Waals surface area contributed by atoms with E-state index in [9.17, 15) is 4.57 Å². The summed E-state index contributed by atoms with van der Waals surface area (Å²) in [5.74, 6) is 2.36. The van der Waals surface area contributed by atoms with Crippen LogP contribution < -0.4 is 34.0 Å². The molecule has 1 unspecified atom stereocenters. The van der Waals surface area contributed by atoms with Gasteiger partial charge in [-0.1, -0.05) is 78.9 Å². The third-order valence-corrected chi connectivity index (χ3v) is 12.0. The van der Waals surface area contributed by atoms with Crippen LogP contribution in [0.15, 0.2) is 164 Å². The lowest BCUT2D eigenvalue weighted by Gasteiger charge is -2.15. The molecule has 7 aromatic carbocycles. The van der Waals surface area contributed by atoms with Crippen LogP contribution in [0.3, 0.4) is 0 Å². The molecule has 0 bridgehead atoms. The topological polar surface area (TPSA) is 94.5 Å². The number of rotatable bonds is 5. The molecule has 9 rings (SSSR count). The summed E-state index contributed by atoms with van der Waals surface area (Å²) in [6.07, 6.45) is 0. The third-order valence-electron chi connectivity index (χ3n) is 8.42. The average molecular weight is 741 g/mol. The molecule has 0 amide bonds. The molecule has 0 spiro atoms. The number of phenolic OH excluding ortho intramolecular Hbond substituents is 2. The smallest absolute Gasteiger partial charge is 0.463 e. The Morgan fingerprint density at radius 2 is 0.923 bits per heavy atom. The van der Waals surface area contributed by atoms with E-state index in [1.807, 2.05) is 66.7 Å². The first-order valence-electron chi connectivity index (χ1n) is 16.3. The van der Waals surface area contributed by atoms with Crippen molar-refractivity contribution in [3.05, 3.63) is 164 Å². The van der Waals surface area contributed by atoms with Gasteiger partial charge in [-0.15, -0.1) is 9.24 Å². The van der Waals surface area contributed by atoms with Crippen LogP contribution in [-0.4, -0.2) is 10.2 Å². The van der Waals surface area contributed by atoms with E-state index in [0.717, 1.165) is 55.5 Å². The zero-order valence-corrected chi connectivity index (χ0v) is 30.4. The Bertz CT molecular complexity index is 2410. The number of hydrogen-bond donors (Lipinski definition) is 2. The second kappa shape index (κ2) is 14.2. The molecule has 52 heavy (non-hydrogen) atoms. The number of hydrogen-bond acceptors (Lipinski definition) is 7. The Hall–Kier alpha value is -5.57. The van der Waals surface area contributed by atoms with Gasteiger partial charge in [0.1, 0.15) is 0 Å². The SMILES string of the molecule is O=P1(c2cccc(-c3cc(-c4cccc(P)c4)cc(-c4cccc(P5Oc6ccccc6O5)c4)c3)c2)Oc2ccccc2O1.Oc1ccccc1O. The minimum absolute atomic E-state index is 0.0764. The van der Waals surface area contributed by atoms with E-state index in [2.05, 4.69) is 63.8 Å². The van der Waals surface area contributed by atoms with Gasteiger partial charge in [-0.25, -0.2) is 4.57 Å². The molecule has 0 saturated carbocycles. The van der Waals surface area contributed by atoms with Crippen molar-refractivity contribution < 1.29 is 32.9 Å². The largest absolute Gasteiger partial charge is 0.504 e. The van der Waals surface area contributed by atoms with Crippen LogP contribution in [0.5, 0.6) is 34.5 Å². The number of aromatic hydroxyl groups is 2. The lowest BCUT2D eigenvalue weighted by molar-refractivity contribution is 0.404. The monoisotopic (exact) mass is 740 g/mol. The van der Waals surface area contributed by atoms with Gasteiger partial charge >= 0.3 is 16.0 Å². The van der Waals surface area contributed by atoms with Crippen molar-refractivity contribution >= 4 is 41.1 Å². The molecular weight excluding hydrogens is 709 g/mol. The maximum absolute atomic E-state index is 13.8. The zero-order chi connectivity index (χ0) is 35.7. The summed E-state index contributed by atoms with van der Waals surface area (Å²) in [6, 6.07) is 51.9. The Labute approximate surface area is 304 Å². The highest BCUT2D eigenvalue weighted by molar-refractivity contribution is 7.63. The molecule has 10 heteroatoms. The quantitative estimate of drug-likeness (QED) is 0.134. The molecule has 7 nitrogen and oxygen atoms in total. The molecule has 0 radical (unpaired) electrons. The fourth-order valence-electron chi connectivity index (χ4n) is 5.85. The van der Waals surface area contributed by atoms with Gasteiger partial charge in [-0.3, -0.25) is 0 Å². The van der Waals surface area contributed by atoms with E-state index in [-0.39, 0.29) is 11.5 Å². The van der Waals surface area contributed by atoms with Gasteiger partial charge in [0.25, 0.3) is 0 Å². The van der Waals surface area contributed by atoms with Crippen molar-refractivity contribution in [1.29, 1.82) is 0 Å². The van der Waals surface area contributed by atoms with E-state index >= 15 is 0 Å². The molecule has 0 saturated heterocycles. The van der Waals surface area contributed by atoms with Gasteiger partial charge in [-0.2, -0.15) is 0 Å². The Balaban J connectivity index is 0.000000430. The summed E-state index contributed by atoms with van der Waals surface area (Å²) < 4.78 is 37.9. The fraction of sp³-hybridized carbons (Fsp3) is 0. The molecule has 256 valence electrons. The second-order valence-electron chi connectivity index (χ2n) is 12.0. The van der Waals surface area contributed by atoms with Crippen LogP contribution in [-0.2, 0) is 4.57 Å². The van der Waals surface area contributed by atoms with Crippen LogP contribution >= 0.6 is 25.2 Å². The summed E-state index contributed by atoms with van der Waals surface area (Å²) >= 11 is 0. The van der Waals surface area contributed by atoms with Crippen molar-refractivity contribution in [3.8, 4) is 67.9 Å². The summed E-state index contributed by atoms with van der Waals surface area (Å²) in [6.45, 7) is 0. The maximum atomic E-state index is 13.8. The molecule has 0 fully saturated rings. The highest BCUT2D eigenvalue weighted by Gasteiger charge is 2.38. The van der Waals surface area contributed by atoms with Crippen LogP contribution in [0.4, 0.5) is 0 Å². The van der Waals surface area contributed by atoms with Gasteiger partial charge in [-0.05, 0) is 124 Å². The molecule has 0 aliphatic carbocycles. The molecule has 7 aromatic rings. The third kappa shape index (κ3) is 7.00. The first-order chi connectivity index (χ1) is 25.3. The molecule has 2 N–H and O–H groups in total. The van der Waals surface area contributed by atoms with Crippen LogP contribution in [0.1, 0.15) is 0 Å². The minimum atomic E-state index is -3.57. The highest BCUT2D eigenvalue weighted by atomic mass is 31.2. The van der Waals surface area contributed by atoms with Crippen molar-refractivity contribution in [1.82, 2.24) is 0 Å². The number of fused-ring (bicyclic) bond motifs is 2. The molecule has 0 aromatic heterocycles. The second-order valence-corrected chi connectivity index (χ2v) is 16.0. The lowest BCUT2D eigenvalue weighted by atomic mass is 9.93. The normalized spacial score (nSPS) is 13.6. The molecule has 1 atom stereocenters. The van der Waals surface area contributed by atoms with Crippen molar-refractivity contribution in [3.63, 3.8) is 0 Å². The van der Waals surface area contributed by atoms with Crippen molar-refractivity contribution in [2.75, 3.05) is 0 Å². The first-order valence-corrected chi connectivity index (χ1v) is 19.6. The predicted octanol–water partition coefficient (Wildman–Crippen LogP) is 9.98. The first kappa shape index (κ1) is 33.6. The van der Waals surface area contributed by atoms with Gasteiger partial charge in [0.05, 0.1) is 10.6 Å². The molecular formula is C42H31O7P3. The fourth-order valence-corrected chi connectivity index (χ4v) is 9.14. The number of phenols is 2. The Morgan fingerprint density at radius 3 is 1.46 bits per heavy atom. The molecule has 2 aliphatic heterocycles. The number of benzene rings is 7. The number of para-hydroxylation sites is 6. The van der Waals surface area contributed by atoms with Gasteiger partial charge in [0.15, 0.2) is 34.5 Å². The predicted molar refractivity (Wildman–Crippen MR) is 211 cm³/mol. The van der Waals surface area contributed by atoms with E-state index < -0.39 is 16.0 Å². The van der Waals surface area contributed by atoms with Gasteiger partial charge in [0.2, 0.25) is 0 Å². The van der Waals surface area contributed by atoms with Crippen LogP contribution in [0.25, 0.3) is 33.4 Å². The van der Waals surface area contributed by atoms with Crippen LogP contribution in [0, 0.1) is 0 Å². The van der Waals surface area contributed by atoms with Crippen molar-refractivity contribution in [2.24, 2.45) is 0 Å². The standard InChI is InChI=1S/C36H25O5P3.C6H6O2/c37-44(40-35-16-3-4-17-36(35)41-44)32-13-7-10-26(23-32)29-19-27(24-8-5-11-30(42)21-24)18-28(20-29)25-9-6-12-31(22-25)43-38-33-14-1-2-15-34(33)39-43;7-5-3-1-2-4-6(5)8/h1-23H,42H2;1-4,7-8H. The van der Waals surface area contributed by atoms with Crippen LogP contribution in [0.2, 0.25) is 0 Å². The average Bonchev–Trinajstić information content (AvgIpc) is 3.78. The van der Waals surface area contributed by atoms with Crippen molar-refractivity contribution in [2.45, 2.75) is 0 Å². The summed E-state index contributed by atoms with van der Waals surface area (Å²) in [5.41, 5.74) is 6.13. The van der Waals surface area contributed by atoms with E-state index in [0.29, 0.717) is 16.8 Å².